The number of carbonyl (C=O) groups is 2. The van der Waals surface area contributed by atoms with Crippen LogP contribution < -0.4 is 11.5 Å². The van der Waals surface area contributed by atoms with Gasteiger partial charge in [-0.15, -0.1) is 0 Å². The van der Waals surface area contributed by atoms with Gasteiger partial charge in [-0.2, -0.15) is 0 Å². The molecule has 0 aromatic carbocycles. The van der Waals surface area contributed by atoms with Gasteiger partial charge in [0.1, 0.15) is 17.1 Å². The van der Waals surface area contributed by atoms with Crippen molar-refractivity contribution >= 4 is 11.6 Å². The van der Waals surface area contributed by atoms with Crippen molar-refractivity contribution < 1.29 is 9.59 Å². The number of nitrogens with zero attached hydrogens (tertiary/aromatic N) is 1. The van der Waals surface area contributed by atoms with Gasteiger partial charge in [0.2, 0.25) is 11.6 Å². The van der Waals surface area contributed by atoms with Crippen LogP contribution in [0.15, 0.2) is 23.5 Å². The lowest BCUT2D eigenvalue weighted by Gasteiger charge is -2.14. The quantitative estimate of drug-likeness (QED) is 0.613. The second kappa shape index (κ2) is 2.91. The van der Waals surface area contributed by atoms with Crippen LogP contribution in [0.5, 0.6) is 0 Å². The SMILES string of the molecule is Cc1ccc2c(n1)C(=O)C(N)=C(N)C2=O. The monoisotopic (exact) mass is 203 g/mol. The molecule has 0 fully saturated rings. The molecule has 0 spiro atoms. The number of aromatic nitrogens is 1. The summed E-state index contributed by atoms with van der Waals surface area (Å²) in [6.45, 7) is 1.73. The molecule has 0 amide bonds. The fraction of sp³-hybridized carbons (Fsp3) is 0.100. The highest BCUT2D eigenvalue weighted by atomic mass is 16.1. The third kappa shape index (κ3) is 1.20. The fourth-order valence-electron chi connectivity index (χ4n) is 1.43. The minimum Gasteiger partial charge on any atom is -0.394 e. The van der Waals surface area contributed by atoms with Gasteiger partial charge < -0.3 is 11.5 Å². The lowest BCUT2D eigenvalue weighted by atomic mass is 9.95. The van der Waals surface area contributed by atoms with Gasteiger partial charge in [-0.05, 0) is 19.1 Å². The van der Waals surface area contributed by atoms with Gasteiger partial charge in [0.25, 0.3) is 0 Å². The Morgan fingerprint density at radius 1 is 1.07 bits per heavy atom. The average Bonchev–Trinajstić information content (AvgIpc) is 2.23. The molecule has 1 aromatic heterocycles. The van der Waals surface area contributed by atoms with Crippen LogP contribution >= 0.6 is 0 Å². The molecule has 0 atom stereocenters. The van der Waals surface area contributed by atoms with E-state index in [9.17, 15) is 9.59 Å². The molecule has 1 aromatic rings. The van der Waals surface area contributed by atoms with Crippen LogP contribution in [0.1, 0.15) is 26.5 Å². The molecular weight excluding hydrogens is 194 g/mol. The van der Waals surface area contributed by atoms with Crippen LogP contribution in [0.25, 0.3) is 0 Å². The first-order valence-electron chi connectivity index (χ1n) is 4.34. The van der Waals surface area contributed by atoms with Crippen molar-refractivity contribution in [3.8, 4) is 0 Å². The molecule has 5 nitrogen and oxygen atoms in total. The van der Waals surface area contributed by atoms with E-state index in [-0.39, 0.29) is 22.7 Å². The number of ketones is 2. The van der Waals surface area contributed by atoms with E-state index in [0.29, 0.717) is 5.69 Å². The lowest BCUT2D eigenvalue weighted by Crippen LogP contribution is -2.31. The van der Waals surface area contributed by atoms with Gasteiger partial charge >= 0.3 is 0 Å². The third-order valence-electron chi connectivity index (χ3n) is 2.27. The minimum absolute atomic E-state index is 0.0895. The van der Waals surface area contributed by atoms with E-state index < -0.39 is 11.6 Å². The Balaban J connectivity index is 2.73. The summed E-state index contributed by atoms with van der Waals surface area (Å²) in [5.41, 5.74) is 11.4. The van der Waals surface area contributed by atoms with Gasteiger partial charge in [-0.3, -0.25) is 9.59 Å². The van der Waals surface area contributed by atoms with Crippen LogP contribution in [0.4, 0.5) is 0 Å². The highest BCUT2D eigenvalue weighted by Gasteiger charge is 2.30. The van der Waals surface area contributed by atoms with Crippen LogP contribution in [0, 0.1) is 6.92 Å². The zero-order valence-electron chi connectivity index (χ0n) is 8.07. The standard InChI is InChI=1S/C10H9N3O2/c1-4-2-3-5-8(13-4)10(15)7(12)6(11)9(5)14/h2-3H,11-12H2,1H3. The lowest BCUT2D eigenvalue weighted by molar-refractivity contribution is 0.0968. The van der Waals surface area contributed by atoms with E-state index in [2.05, 4.69) is 4.98 Å². The summed E-state index contributed by atoms with van der Waals surface area (Å²) in [5.74, 6) is -0.916. The Morgan fingerprint density at radius 2 is 1.67 bits per heavy atom. The van der Waals surface area contributed by atoms with Crippen molar-refractivity contribution in [2.24, 2.45) is 11.5 Å². The summed E-state index contributed by atoms with van der Waals surface area (Å²) in [7, 11) is 0. The van der Waals surface area contributed by atoms with E-state index in [1.54, 1.807) is 13.0 Å². The number of hydrogen-bond donors (Lipinski definition) is 2. The fourth-order valence-corrected chi connectivity index (χ4v) is 1.43. The minimum atomic E-state index is -0.481. The van der Waals surface area contributed by atoms with Crippen molar-refractivity contribution in [2.45, 2.75) is 6.92 Å². The molecule has 5 heteroatoms. The van der Waals surface area contributed by atoms with Crippen LogP contribution in [0.2, 0.25) is 0 Å². The van der Waals surface area contributed by atoms with Gasteiger partial charge in [-0.25, -0.2) is 4.98 Å². The number of Topliss-reactive ketones (excluding diaryl/α,β-unsaturated/α-hetero) is 2. The highest BCUT2D eigenvalue weighted by molar-refractivity contribution is 6.25. The smallest absolute Gasteiger partial charge is 0.229 e. The maximum atomic E-state index is 11.6. The molecule has 0 aliphatic heterocycles. The highest BCUT2D eigenvalue weighted by Crippen LogP contribution is 2.20. The summed E-state index contributed by atoms with van der Waals surface area (Å²) in [4.78, 5) is 27.3. The van der Waals surface area contributed by atoms with Crippen molar-refractivity contribution in [3.05, 3.63) is 40.5 Å². The van der Waals surface area contributed by atoms with Gasteiger partial charge in [0.05, 0.1) is 5.56 Å². The molecular formula is C10H9N3O2. The molecule has 0 saturated carbocycles. The molecule has 1 heterocycles. The Bertz CT molecular complexity index is 517. The predicted octanol–water partition coefficient (Wildman–Crippen LogP) is -0.102. The summed E-state index contributed by atoms with van der Waals surface area (Å²) in [6.07, 6.45) is 0. The van der Waals surface area contributed by atoms with Crippen molar-refractivity contribution in [2.75, 3.05) is 0 Å². The Labute approximate surface area is 85.8 Å². The number of pyridine rings is 1. The predicted molar refractivity (Wildman–Crippen MR) is 53.0 cm³/mol. The van der Waals surface area contributed by atoms with Crippen molar-refractivity contribution in [1.82, 2.24) is 4.98 Å². The van der Waals surface area contributed by atoms with E-state index in [4.69, 9.17) is 11.5 Å². The molecule has 76 valence electrons. The first-order valence-corrected chi connectivity index (χ1v) is 4.34. The molecule has 0 bridgehead atoms. The van der Waals surface area contributed by atoms with Crippen LogP contribution in [0.3, 0.4) is 0 Å². The summed E-state index contributed by atoms with van der Waals surface area (Å²) < 4.78 is 0. The summed E-state index contributed by atoms with van der Waals surface area (Å²) in [5, 5.41) is 0. The van der Waals surface area contributed by atoms with Crippen molar-refractivity contribution in [1.29, 1.82) is 0 Å². The zero-order valence-corrected chi connectivity index (χ0v) is 8.07. The number of rotatable bonds is 0. The molecule has 2 rings (SSSR count). The Kier molecular flexibility index (Phi) is 1.82. The van der Waals surface area contributed by atoms with E-state index >= 15 is 0 Å². The van der Waals surface area contributed by atoms with Gasteiger partial charge in [-0.1, -0.05) is 0 Å². The third-order valence-corrected chi connectivity index (χ3v) is 2.27. The van der Waals surface area contributed by atoms with Crippen LogP contribution in [-0.4, -0.2) is 16.6 Å². The number of hydrogen-bond acceptors (Lipinski definition) is 5. The summed E-state index contributed by atoms with van der Waals surface area (Å²) >= 11 is 0. The molecule has 0 radical (unpaired) electrons. The number of allylic oxidation sites excluding steroid dienone is 2. The second-order valence-corrected chi connectivity index (χ2v) is 3.33. The number of nitrogens with two attached hydrogens (primary N) is 2. The van der Waals surface area contributed by atoms with E-state index in [1.807, 2.05) is 0 Å². The van der Waals surface area contributed by atoms with Gasteiger partial charge in [0, 0.05) is 5.69 Å². The molecule has 0 saturated heterocycles. The maximum absolute atomic E-state index is 11.6. The van der Waals surface area contributed by atoms with E-state index in [1.165, 1.54) is 6.07 Å². The normalized spacial score (nSPS) is 15.5. The number of fused-ring (bicyclic) bond motifs is 1. The number of aryl methyl sites for hydroxylation is 1. The Morgan fingerprint density at radius 3 is 2.33 bits per heavy atom. The second-order valence-electron chi connectivity index (χ2n) is 3.33. The molecule has 1 aliphatic rings. The van der Waals surface area contributed by atoms with E-state index in [0.717, 1.165) is 0 Å². The molecule has 15 heavy (non-hydrogen) atoms. The van der Waals surface area contributed by atoms with Crippen molar-refractivity contribution in [3.63, 3.8) is 0 Å². The topological polar surface area (TPSA) is 99.1 Å². The molecule has 4 N–H and O–H groups in total. The Hall–Kier alpha value is -2.17. The van der Waals surface area contributed by atoms with Crippen LogP contribution in [-0.2, 0) is 0 Å². The largest absolute Gasteiger partial charge is 0.394 e. The first kappa shape index (κ1) is 9.39. The number of carbonyl (C=O) groups excluding carboxylic acids is 2. The first-order chi connectivity index (χ1) is 7.02. The average molecular weight is 203 g/mol. The van der Waals surface area contributed by atoms with Gasteiger partial charge in [0.15, 0.2) is 0 Å². The molecule has 0 unspecified atom stereocenters. The maximum Gasteiger partial charge on any atom is 0.229 e. The molecule has 1 aliphatic carbocycles. The zero-order chi connectivity index (χ0) is 11.2. The summed E-state index contributed by atoms with van der Waals surface area (Å²) in [6, 6.07) is 3.19.